The molecule has 0 fully saturated rings. The molecule has 1 heterocycles. The number of ether oxygens (including phenoxy) is 1. The van der Waals surface area contributed by atoms with E-state index >= 15 is 0 Å². The normalized spacial score (nSPS) is 10.6. The van der Waals surface area contributed by atoms with Gasteiger partial charge in [-0.15, -0.1) is 0 Å². The van der Waals surface area contributed by atoms with Crippen molar-refractivity contribution in [3.8, 4) is 11.4 Å². The number of halogens is 2. The lowest BCUT2D eigenvalue weighted by Gasteiger charge is -2.07. The summed E-state index contributed by atoms with van der Waals surface area (Å²) < 4.78 is 29.2. The molecule has 0 aliphatic heterocycles. The zero-order valence-corrected chi connectivity index (χ0v) is 9.09. The average Bonchev–Trinajstić information content (AvgIpc) is 2.33. The van der Waals surface area contributed by atoms with E-state index in [0.717, 1.165) is 4.68 Å². The van der Waals surface area contributed by atoms with Crippen molar-refractivity contribution >= 4 is 5.69 Å². The number of hydrogen-bond acceptors (Lipinski definition) is 4. The molecule has 0 saturated carbocycles. The van der Waals surface area contributed by atoms with E-state index in [9.17, 15) is 13.6 Å². The summed E-state index contributed by atoms with van der Waals surface area (Å²) >= 11 is 0. The number of hydrogen-bond donors (Lipinski definition) is 1. The number of nitrogens with two attached hydrogens (primary N) is 1. The summed E-state index contributed by atoms with van der Waals surface area (Å²) in [6, 6.07) is 6.89. The molecule has 0 atom stereocenters. The molecule has 0 spiro atoms. The topological polar surface area (TPSA) is 70.1 Å². The highest BCUT2D eigenvalue weighted by atomic mass is 19.3. The highest BCUT2D eigenvalue weighted by Gasteiger charge is 2.06. The molecule has 94 valence electrons. The van der Waals surface area contributed by atoms with Crippen molar-refractivity contribution < 1.29 is 13.5 Å². The molecule has 0 bridgehead atoms. The van der Waals surface area contributed by atoms with Gasteiger partial charge in [0, 0.05) is 0 Å². The number of alkyl halides is 2. The fourth-order valence-electron chi connectivity index (χ4n) is 1.38. The number of aromatic nitrogens is 2. The zero-order valence-electron chi connectivity index (χ0n) is 9.09. The van der Waals surface area contributed by atoms with Crippen LogP contribution in [0.2, 0.25) is 0 Å². The molecule has 1 aromatic carbocycles. The van der Waals surface area contributed by atoms with Gasteiger partial charge in [-0.3, -0.25) is 4.79 Å². The number of nitrogen functional groups attached to an aromatic ring is 1. The highest BCUT2D eigenvalue weighted by molar-refractivity contribution is 5.40. The molecular formula is C11H9F2N3O2. The minimum absolute atomic E-state index is 0.00528. The van der Waals surface area contributed by atoms with Crippen LogP contribution in [0.15, 0.2) is 41.3 Å². The first-order valence-corrected chi connectivity index (χ1v) is 4.97. The summed E-state index contributed by atoms with van der Waals surface area (Å²) in [5.74, 6) is 0.00528. The molecule has 18 heavy (non-hydrogen) atoms. The van der Waals surface area contributed by atoms with Gasteiger partial charge in [-0.2, -0.15) is 18.6 Å². The summed E-state index contributed by atoms with van der Waals surface area (Å²) in [5.41, 5.74) is 5.45. The van der Waals surface area contributed by atoms with Gasteiger partial charge in [-0.25, -0.2) is 0 Å². The van der Waals surface area contributed by atoms with Gasteiger partial charge in [-0.05, 0) is 30.3 Å². The molecule has 0 aliphatic rings. The number of rotatable bonds is 3. The first-order chi connectivity index (χ1) is 8.58. The van der Waals surface area contributed by atoms with Crippen LogP contribution in [0.5, 0.6) is 5.75 Å². The summed E-state index contributed by atoms with van der Waals surface area (Å²) in [5, 5.41) is 3.84. The molecule has 0 amide bonds. The van der Waals surface area contributed by atoms with Crippen molar-refractivity contribution in [1.29, 1.82) is 0 Å². The van der Waals surface area contributed by atoms with Gasteiger partial charge in [0.25, 0.3) is 5.56 Å². The maximum atomic E-state index is 12.0. The van der Waals surface area contributed by atoms with Gasteiger partial charge in [0.05, 0.1) is 11.9 Å². The zero-order chi connectivity index (χ0) is 13.1. The lowest BCUT2D eigenvalue weighted by molar-refractivity contribution is -0.0498. The van der Waals surface area contributed by atoms with Crippen molar-refractivity contribution in [2.24, 2.45) is 0 Å². The molecule has 7 heteroatoms. The first kappa shape index (κ1) is 12.0. The predicted octanol–water partition coefficient (Wildman–Crippen LogP) is 1.42. The molecule has 2 aromatic rings. The Morgan fingerprint density at radius 3 is 2.50 bits per heavy atom. The van der Waals surface area contributed by atoms with Crippen LogP contribution in [-0.2, 0) is 0 Å². The Morgan fingerprint density at radius 2 is 1.89 bits per heavy atom. The van der Waals surface area contributed by atoms with Gasteiger partial charge >= 0.3 is 6.61 Å². The summed E-state index contributed by atoms with van der Waals surface area (Å²) in [6.07, 6.45) is 1.38. The molecule has 1 aromatic heterocycles. The smallest absolute Gasteiger partial charge is 0.387 e. The van der Waals surface area contributed by atoms with Crippen LogP contribution >= 0.6 is 0 Å². The van der Waals surface area contributed by atoms with Crippen LogP contribution in [0.3, 0.4) is 0 Å². The van der Waals surface area contributed by atoms with Gasteiger partial charge < -0.3 is 10.5 Å². The molecule has 2 rings (SSSR count). The van der Waals surface area contributed by atoms with Crippen molar-refractivity contribution in [3.63, 3.8) is 0 Å². The standard InChI is InChI=1S/C11H9F2N3O2/c12-11(13)18-8-3-1-7(2-4-8)16-10(17)9(14)5-6-15-16/h1-6,11H,14H2. The van der Waals surface area contributed by atoms with Crippen LogP contribution in [0, 0.1) is 0 Å². The Labute approximate surface area is 100 Å². The molecule has 0 unspecified atom stereocenters. The lowest BCUT2D eigenvalue weighted by Crippen LogP contribution is -2.23. The Kier molecular flexibility index (Phi) is 3.22. The maximum absolute atomic E-state index is 12.0. The molecule has 5 nitrogen and oxygen atoms in total. The van der Waals surface area contributed by atoms with Crippen molar-refractivity contribution in [2.75, 3.05) is 5.73 Å². The Balaban J connectivity index is 2.35. The van der Waals surface area contributed by atoms with Gasteiger partial charge in [0.15, 0.2) is 0 Å². The quantitative estimate of drug-likeness (QED) is 0.898. The van der Waals surface area contributed by atoms with E-state index in [1.54, 1.807) is 0 Å². The van der Waals surface area contributed by atoms with Crippen LogP contribution in [0.1, 0.15) is 0 Å². The second kappa shape index (κ2) is 4.82. The fourth-order valence-corrected chi connectivity index (χ4v) is 1.38. The second-order valence-electron chi connectivity index (χ2n) is 3.38. The molecular weight excluding hydrogens is 244 g/mol. The van der Waals surface area contributed by atoms with Crippen LogP contribution in [0.25, 0.3) is 5.69 Å². The highest BCUT2D eigenvalue weighted by Crippen LogP contribution is 2.16. The maximum Gasteiger partial charge on any atom is 0.387 e. The predicted molar refractivity (Wildman–Crippen MR) is 60.9 cm³/mol. The van der Waals surface area contributed by atoms with Crippen LogP contribution < -0.4 is 16.0 Å². The molecule has 2 N–H and O–H groups in total. The molecule has 0 aliphatic carbocycles. The lowest BCUT2D eigenvalue weighted by atomic mass is 10.3. The fraction of sp³-hybridized carbons (Fsp3) is 0.0909. The second-order valence-corrected chi connectivity index (χ2v) is 3.38. The Morgan fingerprint density at radius 1 is 1.22 bits per heavy atom. The third kappa shape index (κ3) is 2.45. The Hall–Kier alpha value is -2.44. The third-order valence-electron chi connectivity index (χ3n) is 2.18. The van der Waals surface area contributed by atoms with E-state index in [0.29, 0.717) is 5.69 Å². The van der Waals surface area contributed by atoms with E-state index in [1.807, 2.05) is 0 Å². The monoisotopic (exact) mass is 253 g/mol. The van der Waals surface area contributed by atoms with Crippen molar-refractivity contribution in [3.05, 3.63) is 46.9 Å². The minimum Gasteiger partial charge on any atom is -0.435 e. The van der Waals surface area contributed by atoms with Gasteiger partial charge in [0.1, 0.15) is 11.4 Å². The van der Waals surface area contributed by atoms with E-state index in [-0.39, 0.29) is 11.4 Å². The summed E-state index contributed by atoms with van der Waals surface area (Å²) in [6.45, 7) is -2.89. The number of benzene rings is 1. The average molecular weight is 253 g/mol. The molecule has 0 radical (unpaired) electrons. The first-order valence-electron chi connectivity index (χ1n) is 4.97. The Bertz CT molecular complexity index is 596. The van der Waals surface area contributed by atoms with E-state index < -0.39 is 12.2 Å². The van der Waals surface area contributed by atoms with Crippen molar-refractivity contribution in [2.45, 2.75) is 6.61 Å². The van der Waals surface area contributed by atoms with E-state index in [2.05, 4.69) is 9.84 Å². The molecule has 0 saturated heterocycles. The number of nitrogens with zero attached hydrogens (tertiary/aromatic N) is 2. The largest absolute Gasteiger partial charge is 0.435 e. The minimum atomic E-state index is -2.89. The van der Waals surface area contributed by atoms with Gasteiger partial charge in [0.2, 0.25) is 0 Å². The third-order valence-corrected chi connectivity index (χ3v) is 2.18. The van der Waals surface area contributed by atoms with Gasteiger partial charge in [-0.1, -0.05) is 0 Å². The SMILES string of the molecule is Nc1ccnn(-c2ccc(OC(F)F)cc2)c1=O. The van der Waals surface area contributed by atoms with Crippen LogP contribution in [0.4, 0.5) is 14.5 Å². The van der Waals surface area contributed by atoms with Crippen LogP contribution in [-0.4, -0.2) is 16.4 Å². The van der Waals surface area contributed by atoms with E-state index in [4.69, 9.17) is 5.73 Å². The number of anilines is 1. The van der Waals surface area contributed by atoms with Crippen molar-refractivity contribution in [1.82, 2.24) is 9.78 Å². The summed E-state index contributed by atoms with van der Waals surface area (Å²) in [7, 11) is 0. The van der Waals surface area contributed by atoms with E-state index in [1.165, 1.54) is 36.5 Å². The summed E-state index contributed by atoms with van der Waals surface area (Å²) in [4.78, 5) is 11.7.